The van der Waals surface area contributed by atoms with Crippen LogP contribution in [0.4, 0.5) is 14.5 Å². The van der Waals surface area contributed by atoms with Gasteiger partial charge in [0.15, 0.2) is 11.5 Å². The van der Waals surface area contributed by atoms with Crippen molar-refractivity contribution in [2.75, 3.05) is 49.9 Å². The van der Waals surface area contributed by atoms with Crippen molar-refractivity contribution in [3.8, 4) is 11.5 Å². The first-order valence-electron chi connectivity index (χ1n) is 16.4. The molecule has 0 aromatic heterocycles. The highest BCUT2D eigenvalue weighted by molar-refractivity contribution is 7.92. The number of ether oxygens (including phenoxy) is 3. The van der Waals surface area contributed by atoms with E-state index < -0.39 is 51.8 Å². The molecule has 1 saturated carbocycles. The van der Waals surface area contributed by atoms with Crippen molar-refractivity contribution in [1.82, 2.24) is 9.80 Å². The summed E-state index contributed by atoms with van der Waals surface area (Å²) in [5, 5.41) is 12.7. The average Bonchev–Trinajstić information content (AvgIpc) is 3.88. The summed E-state index contributed by atoms with van der Waals surface area (Å²) in [7, 11) is -3.75. The van der Waals surface area contributed by atoms with E-state index in [1.807, 2.05) is 0 Å². The molecule has 2 atom stereocenters. The number of nitrogens with zero attached hydrogens (tertiary/aromatic N) is 3. The van der Waals surface area contributed by atoms with Gasteiger partial charge in [-0.2, -0.15) is 8.78 Å². The van der Waals surface area contributed by atoms with Gasteiger partial charge in [0.05, 0.1) is 41.4 Å². The number of rotatable bonds is 14. The second kappa shape index (κ2) is 14.5. The van der Waals surface area contributed by atoms with Gasteiger partial charge in [0.2, 0.25) is 10.0 Å². The van der Waals surface area contributed by atoms with Crippen LogP contribution in [0.3, 0.4) is 0 Å². The lowest BCUT2D eigenvalue weighted by atomic mass is 9.99. The molecule has 2 unspecified atom stereocenters. The summed E-state index contributed by atoms with van der Waals surface area (Å²) in [6.07, 6.45) is 11.5. The third kappa shape index (κ3) is 7.67. The minimum Gasteiger partial charge on any atom is -0.626 e. The van der Waals surface area contributed by atoms with E-state index in [9.17, 15) is 36.8 Å². The van der Waals surface area contributed by atoms with Crippen LogP contribution >= 0.6 is 0 Å². The van der Waals surface area contributed by atoms with Crippen LogP contribution in [0.15, 0.2) is 60.8 Å². The van der Waals surface area contributed by atoms with Gasteiger partial charge in [0.1, 0.15) is 6.54 Å². The van der Waals surface area contributed by atoms with Crippen molar-refractivity contribution in [1.29, 1.82) is 0 Å². The lowest BCUT2D eigenvalue weighted by molar-refractivity contribution is -0.883. The monoisotopic (exact) mass is 716 g/mol. The van der Waals surface area contributed by atoms with Gasteiger partial charge in [-0.3, -0.25) is 18.8 Å². The van der Waals surface area contributed by atoms with Crippen LogP contribution in [0.1, 0.15) is 58.4 Å². The molecule has 6 rings (SSSR count). The lowest BCUT2D eigenvalue weighted by Gasteiger charge is -2.39. The van der Waals surface area contributed by atoms with Crippen LogP contribution in [-0.4, -0.2) is 88.2 Å². The smallest absolute Gasteiger partial charge is 0.387 e. The Balaban J connectivity index is 1.21. The molecule has 3 heterocycles. The maximum absolute atomic E-state index is 13.5. The molecule has 1 aliphatic carbocycles. The SMILES string of the molecule is CS(=O)(=O)N(CCN1CCCCC1)c1ccc2c(c1)C(=O)N(CC(=O)OC1(c3ccc(OC(F)F)c(OCC4CC4)c3)C=CC=C[NH+]1[O-])C2=O. The van der Waals surface area contributed by atoms with Crippen LogP contribution < -0.4 is 18.8 Å². The minimum absolute atomic E-state index is 0.0191. The van der Waals surface area contributed by atoms with Crippen LogP contribution in [0, 0.1) is 11.1 Å². The third-order valence-corrected chi connectivity index (χ3v) is 10.3. The molecule has 1 N–H and O–H groups in total. The molecule has 2 aromatic rings. The Labute approximate surface area is 288 Å². The number of quaternary nitrogens is 1. The molecule has 1 saturated heterocycles. The number of anilines is 1. The number of hydrogen-bond donors (Lipinski definition) is 1. The Kier molecular flexibility index (Phi) is 10.3. The number of esters is 1. The maximum Gasteiger partial charge on any atom is 0.387 e. The topological polar surface area (TPSA) is 150 Å². The van der Waals surface area contributed by atoms with Crippen molar-refractivity contribution in [2.24, 2.45) is 5.92 Å². The van der Waals surface area contributed by atoms with Gasteiger partial charge < -0.3 is 29.4 Å². The number of hydrogen-bond acceptors (Lipinski definition) is 10. The Hall–Kier alpha value is -4.38. The first kappa shape index (κ1) is 35.4. The fraction of sp³-hybridized carbons (Fsp3) is 0.441. The Bertz CT molecular complexity index is 1810. The molecule has 4 aliphatic rings. The number of carbonyl (C=O) groups excluding carboxylic acids is 3. The van der Waals surface area contributed by atoms with E-state index >= 15 is 0 Å². The first-order valence-corrected chi connectivity index (χ1v) is 18.2. The van der Waals surface area contributed by atoms with Crippen LogP contribution in [0.2, 0.25) is 0 Å². The number of likely N-dealkylation sites (tertiary alicyclic amines) is 1. The zero-order valence-electron chi connectivity index (χ0n) is 27.4. The van der Waals surface area contributed by atoms with Crippen molar-refractivity contribution >= 4 is 33.5 Å². The molecule has 0 spiro atoms. The van der Waals surface area contributed by atoms with E-state index in [1.54, 1.807) is 0 Å². The zero-order valence-corrected chi connectivity index (χ0v) is 28.2. The summed E-state index contributed by atoms with van der Waals surface area (Å²) in [5.41, 5.74) is -1.89. The standard InChI is InChI=1S/C34H38F2N4O9S/c1-50(45,46)39(18-17-37-14-4-2-5-15-37)25-10-11-26-27(20-25)32(43)38(31(26)42)21-30(41)49-34(13-3-6-16-40(34)44)24-9-12-28(48-33(35)36)29(19-24)47-22-23-7-8-23/h3,6,9-13,16,19-20,23,33,40H,2,4-5,7-8,14-15,17-18,21-22H2,1H3. The van der Waals surface area contributed by atoms with Gasteiger partial charge in [-0.05, 0) is 87.2 Å². The fourth-order valence-corrected chi connectivity index (χ4v) is 7.19. The molecule has 3 aliphatic heterocycles. The predicted molar refractivity (Wildman–Crippen MR) is 176 cm³/mol. The lowest BCUT2D eigenvalue weighted by Crippen LogP contribution is -3.11. The molecule has 13 nitrogen and oxygen atoms in total. The first-order chi connectivity index (χ1) is 23.9. The molecule has 268 valence electrons. The largest absolute Gasteiger partial charge is 0.626 e. The summed E-state index contributed by atoms with van der Waals surface area (Å²) < 4.78 is 69.1. The number of alkyl halides is 2. The molecular weight excluding hydrogens is 678 g/mol. The number of hydroxylamine groups is 2. The average molecular weight is 717 g/mol. The van der Waals surface area contributed by atoms with Crippen LogP contribution in [0.5, 0.6) is 11.5 Å². The van der Waals surface area contributed by atoms with E-state index in [-0.39, 0.29) is 52.9 Å². The molecule has 2 amide bonds. The van der Waals surface area contributed by atoms with Gasteiger partial charge in [-0.15, -0.1) is 0 Å². The number of carbonyl (C=O) groups is 3. The van der Waals surface area contributed by atoms with Gasteiger partial charge in [0, 0.05) is 19.2 Å². The molecular formula is C34H38F2N4O9S. The van der Waals surface area contributed by atoms with Crippen molar-refractivity contribution in [2.45, 2.75) is 44.4 Å². The molecule has 0 bridgehead atoms. The van der Waals surface area contributed by atoms with Crippen LogP contribution in [-0.2, 0) is 25.3 Å². The number of nitrogens with one attached hydrogen (secondary N) is 1. The van der Waals surface area contributed by atoms with Crippen molar-refractivity contribution in [3.05, 3.63) is 82.7 Å². The maximum atomic E-state index is 13.5. The highest BCUT2D eigenvalue weighted by Crippen LogP contribution is 2.37. The highest BCUT2D eigenvalue weighted by atomic mass is 32.2. The molecule has 2 fully saturated rings. The molecule has 50 heavy (non-hydrogen) atoms. The normalized spacial score (nSPS) is 22.2. The van der Waals surface area contributed by atoms with Gasteiger partial charge in [-0.25, -0.2) is 13.2 Å². The zero-order chi connectivity index (χ0) is 35.6. The second-order valence-electron chi connectivity index (χ2n) is 12.8. The molecule has 0 radical (unpaired) electrons. The van der Waals surface area contributed by atoms with Gasteiger partial charge in [-0.1, -0.05) is 12.5 Å². The summed E-state index contributed by atoms with van der Waals surface area (Å²) >= 11 is 0. The number of fused-ring (bicyclic) bond motifs is 1. The number of imide groups is 1. The Morgan fingerprint density at radius 1 is 1.04 bits per heavy atom. The van der Waals surface area contributed by atoms with Crippen molar-refractivity contribution in [3.63, 3.8) is 0 Å². The quantitative estimate of drug-likeness (QED) is 0.176. The van der Waals surface area contributed by atoms with E-state index in [4.69, 9.17) is 9.47 Å². The van der Waals surface area contributed by atoms with Crippen LogP contribution in [0.25, 0.3) is 0 Å². The van der Waals surface area contributed by atoms with E-state index in [0.717, 1.165) is 51.4 Å². The second-order valence-corrected chi connectivity index (χ2v) is 14.7. The molecule has 16 heteroatoms. The summed E-state index contributed by atoms with van der Waals surface area (Å²) in [6.45, 7) is -1.39. The predicted octanol–water partition coefficient (Wildman–Crippen LogP) is 2.79. The number of benzene rings is 2. The van der Waals surface area contributed by atoms with Crippen molar-refractivity contribution < 1.29 is 50.9 Å². The van der Waals surface area contributed by atoms with Gasteiger partial charge >= 0.3 is 12.6 Å². The van der Waals surface area contributed by atoms with Gasteiger partial charge in [0.25, 0.3) is 17.5 Å². The Morgan fingerprint density at radius 3 is 2.46 bits per heavy atom. The number of allylic oxidation sites excluding steroid dienone is 2. The van der Waals surface area contributed by atoms with E-state index in [0.29, 0.717) is 11.4 Å². The Morgan fingerprint density at radius 2 is 1.78 bits per heavy atom. The summed E-state index contributed by atoms with van der Waals surface area (Å²) in [6, 6.07) is 7.88. The summed E-state index contributed by atoms with van der Waals surface area (Å²) in [5.74, 6) is -2.82. The fourth-order valence-electron chi connectivity index (χ4n) is 6.28. The minimum atomic E-state index is -3.75. The summed E-state index contributed by atoms with van der Waals surface area (Å²) in [4.78, 5) is 43.2. The number of piperidine rings is 1. The number of halogens is 2. The van der Waals surface area contributed by atoms with E-state index in [2.05, 4.69) is 9.64 Å². The molecule has 2 aromatic carbocycles. The van der Waals surface area contributed by atoms with E-state index in [1.165, 1.54) is 65.1 Å². The third-order valence-electron chi connectivity index (χ3n) is 9.09. The highest BCUT2D eigenvalue weighted by Gasteiger charge is 2.45. The number of sulfonamides is 1. The number of amides is 2.